The van der Waals surface area contributed by atoms with E-state index in [1.807, 2.05) is 30.3 Å². The van der Waals surface area contributed by atoms with E-state index >= 15 is 0 Å². The predicted molar refractivity (Wildman–Crippen MR) is 96.8 cm³/mol. The quantitative estimate of drug-likeness (QED) is 0.873. The highest BCUT2D eigenvalue weighted by atomic mass is 16.6. The van der Waals surface area contributed by atoms with Crippen molar-refractivity contribution in [3.63, 3.8) is 0 Å². The lowest BCUT2D eigenvalue weighted by atomic mass is 9.93. The van der Waals surface area contributed by atoms with Crippen LogP contribution in [0.5, 0.6) is 0 Å². The van der Waals surface area contributed by atoms with Crippen molar-refractivity contribution in [1.29, 1.82) is 0 Å². The number of ether oxygens (including phenoxy) is 1. The number of piperazine rings is 1. The summed E-state index contributed by atoms with van der Waals surface area (Å²) in [6.07, 6.45) is 0.153. The summed E-state index contributed by atoms with van der Waals surface area (Å²) in [7, 11) is 2.09. The number of aliphatic carboxylic acids is 1. The summed E-state index contributed by atoms with van der Waals surface area (Å²) in [5.74, 6) is -1.39. The van der Waals surface area contributed by atoms with E-state index in [9.17, 15) is 14.7 Å². The van der Waals surface area contributed by atoms with Gasteiger partial charge in [0.25, 0.3) is 0 Å². The molecule has 7 nitrogen and oxygen atoms in total. The Kier molecular flexibility index (Phi) is 6.11. The van der Waals surface area contributed by atoms with Gasteiger partial charge in [-0.05, 0) is 19.0 Å². The molecule has 142 valence electrons. The first-order valence-electron chi connectivity index (χ1n) is 9.14. The van der Waals surface area contributed by atoms with Gasteiger partial charge in [0.2, 0.25) is 0 Å². The maximum absolute atomic E-state index is 12.5. The van der Waals surface area contributed by atoms with Crippen LogP contribution in [0.15, 0.2) is 30.3 Å². The topological polar surface area (TPSA) is 73.3 Å². The lowest BCUT2D eigenvalue weighted by Gasteiger charge is -2.43. The summed E-state index contributed by atoms with van der Waals surface area (Å²) in [5, 5.41) is 9.50. The van der Waals surface area contributed by atoms with Crippen LogP contribution in [0.1, 0.15) is 12.0 Å². The summed E-state index contributed by atoms with van der Waals surface area (Å²) in [5.41, 5.74) is 0.920. The van der Waals surface area contributed by atoms with E-state index in [2.05, 4.69) is 16.8 Å². The van der Waals surface area contributed by atoms with E-state index in [0.717, 1.165) is 31.7 Å². The van der Waals surface area contributed by atoms with Gasteiger partial charge in [-0.15, -0.1) is 0 Å². The maximum Gasteiger partial charge on any atom is 0.410 e. The SMILES string of the molecule is CN1CCN(C2CC(C(=O)O)CN(C(=O)OCc3ccccc3)C2)CC1. The number of benzene rings is 1. The molecular weight excluding hydrogens is 334 g/mol. The molecule has 3 rings (SSSR count). The molecule has 2 aliphatic heterocycles. The molecular formula is C19H27N3O4. The maximum atomic E-state index is 12.5. The van der Waals surface area contributed by atoms with Gasteiger partial charge in [-0.1, -0.05) is 30.3 Å². The molecule has 0 saturated carbocycles. The molecule has 7 heteroatoms. The Morgan fingerprint density at radius 1 is 1.12 bits per heavy atom. The zero-order valence-corrected chi connectivity index (χ0v) is 15.2. The number of carboxylic acid groups (broad SMARTS) is 1. The normalized spacial score (nSPS) is 25.0. The fraction of sp³-hybridized carbons (Fsp3) is 0.579. The van der Waals surface area contributed by atoms with E-state index < -0.39 is 18.0 Å². The minimum absolute atomic E-state index is 0.0721. The van der Waals surface area contributed by atoms with Crippen LogP contribution in [0.2, 0.25) is 0 Å². The van der Waals surface area contributed by atoms with Gasteiger partial charge >= 0.3 is 12.1 Å². The molecule has 2 heterocycles. The summed E-state index contributed by atoms with van der Waals surface area (Å²) in [6.45, 7) is 4.68. The highest BCUT2D eigenvalue weighted by molar-refractivity contribution is 5.73. The van der Waals surface area contributed by atoms with Crippen LogP contribution in [-0.4, -0.2) is 84.2 Å². The first-order valence-corrected chi connectivity index (χ1v) is 9.14. The average molecular weight is 361 g/mol. The summed E-state index contributed by atoms with van der Waals surface area (Å²) in [6, 6.07) is 9.58. The Hall–Kier alpha value is -2.12. The molecule has 2 atom stereocenters. The molecule has 0 spiro atoms. The zero-order valence-electron chi connectivity index (χ0n) is 15.2. The third kappa shape index (κ3) is 4.74. The molecule has 2 fully saturated rings. The number of rotatable bonds is 4. The highest BCUT2D eigenvalue weighted by Crippen LogP contribution is 2.23. The molecule has 1 aromatic carbocycles. The molecule has 0 aromatic heterocycles. The Morgan fingerprint density at radius 2 is 1.81 bits per heavy atom. The molecule has 0 radical (unpaired) electrons. The van der Waals surface area contributed by atoms with Crippen molar-refractivity contribution in [1.82, 2.24) is 14.7 Å². The lowest BCUT2D eigenvalue weighted by Crippen LogP contribution is -2.57. The summed E-state index contributed by atoms with van der Waals surface area (Å²) < 4.78 is 5.42. The minimum atomic E-state index is -0.843. The van der Waals surface area contributed by atoms with E-state index in [4.69, 9.17) is 4.74 Å². The fourth-order valence-electron chi connectivity index (χ4n) is 3.66. The Labute approximate surface area is 154 Å². The van der Waals surface area contributed by atoms with Crippen molar-refractivity contribution >= 4 is 12.1 Å². The molecule has 0 bridgehead atoms. The van der Waals surface area contributed by atoms with E-state index in [1.54, 1.807) is 4.90 Å². The van der Waals surface area contributed by atoms with Crippen molar-refractivity contribution in [3.05, 3.63) is 35.9 Å². The first-order chi connectivity index (χ1) is 12.5. The number of hydrogen-bond donors (Lipinski definition) is 1. The smallest absolute Gasteiger partial charge is 0.410 e. The minimum Gasteiger partial charge on any atom is -0.481 e. The fourth-order valence-corrected chi connectivity index (χ4v) is 3.66. The molecule has 0 aliphatic carbocycles. The van der Waals surface area contributed by atoms with Crippen LogP contribution >= 0.6 is 0 Å². The van der Waals surface area contributed by atoms with Crippen LogP contribution in [0.3, 0.4) is 0 Å². The van der Waals surface area contributed by atoms with Crippen LogP contribution < -0.4 is 0 Å². The van der Waals surface area contributed by atoms with Crippen LogP contribution in [0.25, 0.3) is 0 Å². The molecule has 1 amide bonds. The Morgan fingerprint density at radius 3 is 2.46 bits per heavy atom. The molecule has 2 saturated heterocycles. The van der Waals surface area contributed by atoms with Crippen LogP contribution in [0.4, 0.5) is 4.79 Å². The van der Waals surface area contributed by atoms with E-state index in [0.29, 0.717) is 13.0 Å². The van der Waals surface area contributed by atoms with Crippen molar-refractivity contribution < 1.29 is 19.4 Å². The highest BCUT2D eigenvalue weighted by Gasteiger charge is 2.37. The number of hydrogen-bond acceptors (Lipinski definition) is 5. The molecule has 2 aliphatic rings. The number of carbonyl (C=O) groups excluding carboxylic acids is 1. The Bertz CT molecular complexity index is 616. The molecule has 1 aromatic rings. The number of carboxylic acids is 1. The van der Waals surface area contributed by atoms with Crippen molar-refractivity contribution in [2.24, 2.45) is 5.92 Å². The summed E-state index contributed by atoms with van der Waals surface area (Å²) in [4.78, 5) is 30.2. The third-order valence-corrected chi connectivity index (χ3v) is 5.30. The van der Waals surface area contributed by atoms with Crippen molar-refractivity contribution in [2.75, 3.05) is 46.3 Å². The number of piperidine rings is 1. The monoisotopic (exact) mass is 361 g/mol. The second-order valence-corrected chi connectivity index (χ2v) is 7.21. The van der Waals surface area contributed by atoms with Crippen LogP contribution in [-0.2, 0) is 16.1 Å². The second-order valence-electron chi connectivity index (χ2n) is 7.21. The van der Waals surface area contributed by atoms with E-state index in [1.165, 1.54) is 0 Å². The number of likely N-dealkylation sites (tertiary alicyclic amines) is 1. The Balaban J connectivity index is 1.61. The lowest BCUT2D eigenvalue weighted by molar-refractivity contribution is -0.144. The summed E-state index contributed by atoms with van der Waals surface area (Å²) >= 11 is 0. The largest absolute Gasteiger partial charge is 0.481 e. The number of amides is 1. The van der Waals surface area contributed by atoms with Gasteiger partial charge in [0, 0.05) is 45.3 Å². The van der Waals surface area contributed by atoms with Crippen molar-refractivity contribution in [3.8, 4) is 0 Å². The number of carbonyl (C=O) groups is 2. The predicted octanol–water partition coefficient (Wildman–Crippen LogP) is 1.35. The van der Waals surface area contributed by atoms with Crippen LogP contribution in [0, 0.1) is 5.92 Å². The van der Waals surface area contributed by atoms with Crippen molar-refractivity contribution in [2.45, 2.75) is 19.1 Å². The number of nitrogens with zero attached hydrogens (tertiary/aromatic N) is 3. The number of likely N-dealkylation sites (N-methyl/N-ethyl adjacent to an activating group) is 1. The van der Waals surface area contributed by atoms with Gasteiger partial charge in [-0.3, -0.25) is 9.69 Å². The van der Waals surface area contributed by atoms with Gasteiger partial charge < -0.3 is 19.6 Å². The molecule has 26 heavy (non-hydrogen) atoms. The standard InChI is InChI=1S/C19H27N3O4/c1-20-7-9-21(10-8-20)17-11-16(18(23)24)12-22(13-17)19(25)26-14-15-5-3-2-4-6-15/h2-6,16-17H,7-14H2,1H3,(H,23,24). The second kappa shape index (κ2) is 8.51. The molecule has 2 unspecified atom stereocenters. The molecule has 1 N–H and O–H groups in total. The average Bonchev–Trinajstić information content (AvgIpc) is 2.67. The van der Waals surface area contributed by atoms with Gasteiger partial charge in [-0.25, -0.2) is 4.79 Å². The first kappa shape index (κ1) is 18.7. The van der Waals surface area contributed by atoms with E-state index in [-0.39, 0.29) is 19.2 Å². The van der Waals surface area contributed by atoms with Gasteiger partial charge in [-0.2, -0.15) is 0 Å². The van der Waals surface area contributed by atoms with Gasteiger partial charge in [0.05, 0.1) is 5.92 Å². The third-order valence-electron chi connectivity index (χ3n) is 5.30. The van der Waals surface area contributed by atoms with Gasteiger partial charge in [0.1, 0.15) is 6.61 Å². The zero-order chi connectivity index (χ0) is 18.5. The van der Waals surface area contributed by atoms with Gasteiger partial charge in [0.15, 0.2) is 0 Å².